The lowest BCUT2D eigenvalue weighted by atomic mass is 10.1. The van der Waals surface area contributed by atoms with Gasteiger partial charge in [-0.15, -0.1) is 12.4 Å². The van der Waals surface area contributed by atoms with Gasteiger partial charge in [0.25, 0.3) is 0 Å². The van der Waals surface area contributed by atoms with E-state index in [0.717, 1.165) is 11.5 Å². The monoisotopic (exact) mass is 308 g/mol. The Morgan fingerprint density at radius 3 is 2.67 bits per heavy atom. The standard InChI is InChI=1S/C15H20N4O.ClH/c1-19(13(9-16)11-7-8-11)10-14-17-15(18-20-14)12-5-3-2-4-6-12;/h2-6,11,13H,7-10,16H2,1H3;1H. The molecule has 0 spiro atoms. The number of hydrogen-bond donors (Lipinski definition) is 1. The minimum atomic E-state index is 0. The number of halogens is 1. The molecular weight excluding hydrogens is 288 g/mol. The summed E-state index contributed by atoms with van der Waals surface area (Å²) in [5, 5.41) is 4.04. The third-order valence-corrected chi connectivity index (χ3v) is 3.86. The van der Waals surface area contributed by atoms with Crippen LogP contribution in [0.5, 0.6) is 0 Å². The zero-order valence-corrected chi connectivity index (χ0v) is 12.9. The van der Waals surface area contributed by atoms with E-state index in [0.29, 0.717) is 30.8 Å². The van der Waals surface area contributed by atoms with Crippen molar-refractivity contribution in [1.29, 1.82) is 0 Å². The van der Waals surface area contributed by atoms with Crippen molar-refractivity contribution in [2.24, 2.45) is 11.7 Å². The number of rotatable bonds is 6. The van der Waals surface area contributed by atoms with Gasteiger partial charge >= 0.3 is 0 Å². The maximum absolute atomic E-state index is 5.86. The molecule has 0 amide bonds. The summed E-state index contributed by atoms with van der Waals surface area (Å²) >= 11 is 0. The van der Waals surface area contributed by atoms with Gasteiger partial charge in [-0.3, -0.25) is 4.90 Å². The van der Waals surface area contributed by atoms with E-state index >= 15 is 0 Å². The van der Waals surface area contributed by atoms with Gasteiger partial charge in [0.2, 0.25) is 11.7 Å². The Labute approximate surface area is 130 Å². The third-order valence-electron chi connectivity index (χ3n) is 3.86. The van der Waals surface area contributed by atoms with E-state index in [1.807, 2.05) is 30.3 Å². The Morgan fingerprint density at radius 2 is 2.05 bits per heavy atom. The van der Waals surface area contributed by atoms with Crippen molar-refractivity contribution >= 4 is 12.4 Å². The van der Waals surface area contributed by atoms with Gasteiger partial charge in [-0.25, -0.2) is 0 Å². The highest BCUT2D eigenvalue weighted by molar-refractivity contribution is 5.85. The van der Waals surface area contributed by atoms with Crippen LogP contribution in [0.2, 0.25) is 0 Å². The maximum atomic E-state index is 5.86. The molecule has 2 N–H and O–H groups in total. The third kappa shape index (κ3) is 3.81. The number of benzene rings is 1. The van der Waals surface area contributed by atoms with Gasteiger partial charge in [-0.2, -0.15) is 4.98 Å². The summed E-state index contributed by atoms with van der Waals surface area (Å²) in [6, 6.07) is 10.3. The fraction of sp³-hybridized carbons (Fsp3) is 0.467. The molecule has 0 saturated heterocycles. The molecule has 1 fully saturated rings. The van der Waals surface area contributed by atoms with Crippen molar-refractivity contribution in [2.75, 3.05) is 13.6 Å². The van der Waals surface area contributed by atoms with Crippen molar-refractivity contribution in [1.82, 2.24) is 15.0 Å². The molecule has 114 valence electrons. The molecule has 1 atom stereocenters. The Bertz CT molecular complexity index is 556. The summed E-state index contributed by atoms with van der Waals surface area (Å²) in [4.78, 5) is 6.68. The van der Waals surface area contributed by atoms with Crippen LogP contribution < -0.4 is 5.73 Å². The van der Waals surface area contributed by atoms with Crippen LogP contribution >= 0.6 is 12.4 Å². The van der Waals surface area contributed by atoms with Gasteiger partial charge < -0.3 is 10.3 Å². The predicted molar refractivity (Wildman–Crippen MR) is 84.0 cm³/mol. The number of nitrogens with two attached hydrogens (primary N) is 1. The molecule has 1 unspecified atom stereocenters. The first-order valence-electron chi connectivity index (χ1n) is 7.06. The van der Waals surface area contributed by atoms with Crippen molar-refractivity contribution in [3.8, 4) is 11.4 Å². The van der Waals surface area contributed by atoms with E-state index in [4.69, 9.17) is 10.3 Å². The fourth-order valence-corrected chi connectivity index (χ4v) is 2.57. The van der Waals surface area contributed by atoms with Crippen LogP contribution in [-0.2, 0) is 6.54 Å². The van der Waals surface area contributed by atoms with E-state index in [-0.39, 0.29) is 12.4 Å². The quantitative estimate of drug-likeness (QED) is 0.887. The smallest absolute Gasteiger partial charge is 0.241 e. The first-order chi connectivity index (χ1) is 9.78. The first kappa shape index (κ1) is 15.9. The number of aromatic nitrogens is 2. The van der Waals surface area contributed by atoms with Gasteiger partial charge in [-0.05, 0) is 25.8 Å². The molecule has 1 aromatic heterocycles. The van der Waals surface area contributed by atoms with Crippen LogP contribution in [0.25, 0.3) is 11.4 Å². The summed E-state index contributed by atoms with van der Waals surface area (Å²) in [5.74, 6) is 2.02. The zero-order valence-electron chi connectivity index (χ0n) is 12.1. The van der Waals surface area contributed by atoms with E-state index in [1.54, 1.807) is 0 Å². The van der Waals surface area contributed by atoms with Gasteiger partial charge in [0, 0.05) is 18.2 Å². The van der Waals surface area contributed by atoms with E-state index in [9.17, 15) is 0 Å². The molecular formula is C15H21ClN4O. The van der Waals surface area contributed by atoms with Crippen molar-refractivity contribution in [3.63, 3.8) is 0 Å². The summed E-state index contributed by atoms with van der Waals surface area (Å²) < 4.78 is 5.34. The number of hydrogen-bond acceptors (Lipinski definition) is 5. The van der Waals surface area contributed by atoms with Crippen LogP contribution in [0.1, 0.15) is 18.7 Å². The largest absolute Gasteiger partial charge is 0.338 e. The molecule has 6 heteroatoms. The Hall–Kier alpha value is -1.43. The van der Waals surface area contributed by atoms with Crippen molar-refractivity contribution in [3.05, 3.63) is 36.2 Å². The Morgan fingerprint density at radius 1 is 1.33 bits per heavy atom. The maximum Gasteiger partial charge on any atom is 0.241 e. The van der Waals surface area contributed by atoms with E-state index in [2.05, 4.69) is 22.1 Å². The van der Waals surface area contributed by atoms with Gasteiger partial charge in [0.05, 0.1) is 6.54 Å². The molecule has 0 aliphatic heterocycles. The molecule has 2 aromatic rings. The normalized spacial score (nSPS) is 15.8. The molecule has 3 rings (SSSR count). The molecule has 0 radical (unpaired) electrons. The fourth-order valence-electron chi connectivity index (χ4n) is 2.57. The molecule has 1 aromatic carbocycles. The second-order valence-corrected chi connectivity index (χ2v) is 5.43. The second-order valence-electron chi connectivity index (χ2n) is 5.43. The van der Waals surface area contributed by atoms with Crippen molar-refractivity contribution in [2.45, 2.75) is 25.4 Å². The van der Waals surface area contributed by atoms with Gasteiger partial charge in [0.1, 0.15) is 0 Å². The molecule has 0 bridgehead atoms. The minimum absolute atomic E-state index is 0. The molecule has 21 heavy (non-hydrogen) atoms. The molecule has 5 nitrogen and oxygen atoms in total. The van der Waals surface area contributed by atoms with Crippen LogP contribution in [0.15, 0.2) is 34.9 Å². The topological polar surface area (TPSA) is 68.2 Å². The zero-order chi connectivity index (χ0) is 13.9. The van der Waals surface area contributed by atoms with E-state index < -0.39 is 0 Å². The summed E-state index contributed by atoms with van der Waals surface area (Å²) in [5.41, 5.74) is 6.83. The minimum Gasteiger partial charge on any atom is -0.338 e. The lowest BCUT2D eigenvalue weighted by Gasteiger charge is -2.25. The van der Waals surface area contributed by atoms with E-state index in [1.165, 1.54) is 12.8 Å². The van der Waals surface area contributed by atoms with Crippen LogP contribution in [0, 0.1) is 5.92 Å². The summed E-state index contributed by atoms with van der Waals surface area (Å²) in [6.45, 7) is 1.33. The van der Waals surface area contributed by atoms with Gasteiger partial charge in [-0.1, -0.05) is 35.5 Å². The molecule has 1 heterocycles. The SMILES string of the molecule is CN(Cc1nc(-c2ccccc2)no1)C(CN)C1CC1.Cl. The lowest BCUT2D eigenvalue weighted by Crippen LogP contribution is -2.39. The Kier molecular flexibility index (Phi) is 5.33. The average Bonchev–Trinajstić information content (AvgIpc) is 3.19. The van der Waals surface area contributed by atoms with Crippen LogP contribution in [0.3, 0.4) is 0 Å². The van der Waals surface area contributed by atoms with Gasteiger partial charge in [0.15, 0.2) is 0 Å². The first-order valence-corrected chi connectivity index (χ1v) is 7.06. The highest BCUT2D eigenvalue weighted by Gasteiger charge is 2.33. The molecule has 1 saturated carbocycles. The lowest BCUT2D eigenvalue weighted by molar-refractivity contribution is 0.189. The summed E-state index contributed by atoms with van der Waals surface area (Å²) in [7, 11) is 2.07. The van der Waals surface area contributed by atoms with Crippen LogP contribution in [0.4, 0.5) is 0 Å². The number of likely N-dealkylation sites (N-methyl/N-ethyl adjacent to an activating group) is 1. The second kappa shape index (κ2) is 7.02. The molecule has 1 aliphatic rings. The number of nitrogens with zero attached hydrogens (tertiary/aromatic N) is 3. The Balaban J connectivity index is 0.00000161. The van der Waals surface area contributed by atoms with Crippen molar-refractivity contribution < 1.29 is 4.52 Å². The summed E-state index contributed by atoms with van der Waals surface area (Å²) in [6.07, 6.45) is 2.57. The highest BCUT2D eigenvalue weighted by atomic mass is 35.5. The highest BCUT2D eigenvalue weighted by Crippen LogP contribution is 2.34. The molecule has 1 aliphatic carbocycles. The average molecular weight is 309 g/mol. The van der Waals surface area contributed by atoms with Crippen LogP contribution in [-0.4, -0.2) is 34.7 Å². The predicted octanol–water partition coefficient (Wildman–Crippen LogP) is 2.33.